The number of hydrogen-bond donors (Lipinski definition) is 0. The summed E-state index contributed by atoms with van der Waals surface area (Å²) in [4.78, 5) is 29.4. The first kappa shape index (κ1) is 29.5. The monoisotopic (exact) mass is 577 g/mol. The molecule has 1 fully saturated rings. The van der Waals surface area contributed by atoms with E-state index in [1.165, 1.54) is 20.0 Å². The Bertz CT molecular complexity index is 1520. The summed E-state index contributed by atoms with van der Waals surface area (Å²) in [5.41, 5.74) is 4.07. The van der Waals surface area contributed by atoms with Crippen LogP contribution in [-0.4, -0.2) is 59.7 Å². The lowest BCUT2D eigenvalue weighted by atomic mass is 9.81. The number of carbonyl (C=O) groups is 2. The van der Waals surface area contributed by atoms with Crippen LogP contribution < -0.4 is 0 Å². The molecule has 2 amide bonds. The molecule has 1 aliphatic carbocycles. The third-order valence-electron chi connectivity index (χ3n) is 8.78. The van der Waals surface area contributed by atoms with E-state index in [1.54, 1.807) is 18.3 Å². The van der Waals surface area contributed by atoms with Gasteiger partial charge in [-0.25, -0.2) is 12.4 Å². The molecule has 41 heavy (non-hydrogen) atoms. The fourth-order valence-corrected chi connectivity index (χ4v) is 7.93. The SMILES string of the molecule is CCCN(CCCCN1C(=O)CC(C)(C)CC1=O)C1CCc2ccc3c(ccn3S(=O)(=O)c3ccc(C)cc3)c2C1. The average molecular weight is 578 g/mol. The summed E-state index contributed by atoms with van der Waals surface area (Å²) >= 11 is 0. The number of nitrogens with zero attached hydrogens (tertiary/aromatic N) is 3. The Morgan fingerprint density at radius 3 is 2.34 bits per heavy atom. The number of unbranched alkanes of at least 4 members (excludes halogenated alkanes) is 1. The maximum atomic E-state index is 13.5. The largest absolute Gasteiger partial charge is 0.300 e. The highest BCUT2D eigenvalue weighted by molar-refractivity contribution is 7.90. The van der Waals surface area contributed by atoms with E-state index in [0.29, 0.717) is 30.3 Å². The number of piperidine rings is 1. The molecule has 2 heterocycles. The molecule has 220 valence electrons. The zero-order chi connectivity index (χ0) is 29.4. The van der Waals surface area contributed by atoms with E-state index in [2.05, 4.69) is 17.9 Å². The molecule has 8 heteroatoms. The zero-order valence-corrected chi connectivity index (χ0v) is 25.7. The van der Waals surface area contributed by atoms with Crippen LogP contribution in [-0.2, 0) is 32.5 Å². The molecule has 5 rings (SSSR count). The van der Waals surface area contributed by atoms with Crippen molar-refractivity contribution in [3.8, 4) is 0 Å². The molecule has 7 nitrogen and oxygen atoms in total. The molecule has 0 radical (unpaired) electrons. The van der Waals surface area contributed by atoms with Crippen molar-refractivity contribution in [2.24, 2.45) is 5.41 Å². The van der Waals surface area contributed by atoms with Crippen LogP contribution in [0.15, 0.2) is 53.6 Å². The Labute approximate surface area is 244 Å². The normalized spacial score (nSPS) is 19.2. The van der Waals surface area contributed by atoms with E-state index in [4.69, 9.17) is 0 Å². The number of carbonyl (C=O) groups excluding carboxylic acids is 2. The summed E-state index contributed by atoms with van der Waals surface area (Å²) in [6.07, 6.45) is 8.28. The summed E-state index contributed by atoms with van der Waals surface area (Å²) in [5, 5.41) is 1.02. The molecular weight excluding hydrogens is 534 g/mol. The second-order valence-corrected chi connectivity index (χ2v) is 14.5. The van der Waals surface area contributed by atoms with Gasteiger partial charge in [0.2, 0.25) is 11.8 Å². The number of aryl methyl sites for hydroxylation is 2. The van der Waals surface area contributed by atoms with Gasteiger partial charge in [-0.1, -0.05) is 44.5 Å². The third-order valence-corrected chi connectivity index (χ3v) is 10.5. The molecule has 0 N–H and O–H groups in total. The van der Waals surface area contributed by atoms with Crippen LogP contribution in [0.5, 0.6) is 0 Å². The zero-order valence-electron chi connectivity index (χ0n) is 24.9. The molecule has 1 aromatic heterocycles. The maximum Gasteiger partial charge on any atom is 0.268 e. The summed E-state index contributed by atoms with van der Waals surface area (Å²) in [6.45, 7) is 10.5. The van der Waals surface area contributed by atoms with Crippen molar-refractivity contribution in [1.82, 2.24) is 13.8 Å². The van der Waals surface area contributed by atoms with E-state index in [-0.39, 0.29) is 17.2 Å². The minimum absolute atomic E-state index is 0.0408. The van der Waals surface area contributed by atoms with Gasteiger partial charge in [-0.05, 0) is 99.3 Å². The lowest BCUT2D eigenvalue weighted by Gasteiger charge is -2.36. The molecule has 0 spiro atoms. The first-order chi connectivity index (χ1) is 19.5. The van der Waals surface area contributed by atoms with E-state index in [0.717, 1.165) is 68.1 Å². The number of fused-ring (bicyclic) bond motifs is 3. The van der Waals surface area contributed by atoms with E-state index >= 15 is 0 Å². The predicted molar refractivity (Wildman–Crippen MR) is 162 cm³/mol. The fraction of sp³-hybridized carbons (Fsp3) is 0.515. The summed E-state index contributed by atoms with van der Waals surface area (Å²) in [5.74, 6) is -0.0817. The number of hydrogen-bond acceptors (Lipinski definition) is 5. The average Bonchev–Trinajstić information content (AvgIpc) is 3.37. The molecule has 1 atom stereocenters. The quantitative estimate of drug-likeness (QED) is 0.228. The molecule has 0 saturated carbocycles. The van der Waals surface area contributed by atoms with Crippen LogP contribution in [0.25, 0.3) is 10.9 Å². The van der Waals surface area contributed by atoms with Crippen LogP contribution in [0, 0.1) is 12.3 Å². The van der Waals surface area contributed by atoms with E-state index < -0.39 is 10.0 Å². The Kier molecular flexibility index (Phi) is 8.44. The van der Waals surface area contributed by atoms with Crippen molar-refractivity contribution in [3.63, 3.8) is 0 Å². The molecular formula is C33H43N3O4S. The van der Waals surface area contributed by atoms with Crippen LogP contribution in [0.1, 0.15) is 76.0 Å². The highest BCUT2D eigenvalue weighted by Crippen LogP contribution is 2.34. The molecule has 0 bridgehead atoms. The van der Waals surface area contributed by atoms with Gasteiger partial charge in [0.1, 0.15) is 0 Å². The summed E-state index contributed by atoms with van der Waals surface area (Å²) < 4.78 is 28.4. The van der Waals surface area contributed by atoms with E-state index in [9.17, 15) is 18.0 Å². The highest BCUT2D eigenvalue weighted by atomic mass is 32.2. The fourth-order valence-electron chi connectivity index (χ4n) is 6.59. The number of rotatable bonds is 10. The van der Waals surface area contributed by atoms with Gasteiger partial charge < -0.3 is 4.90 Å². The molecule has 1 unspecified atom stereocenters. The van der Waals surface area contributed by atoms with Gasteiger partial charge >= 0.3 is 0 Å². The van der Waals surface area contributed by atoms with Crippen LogP contribution >= 0.6 is 0 Å². The number of likely N-dealkylation sites (tertiary alicyclic amines) is 1. The number of benzene rings is 2. The molecule has 1 saturated heterocycles. The van der Waals surface area contributed by atoms with Crippen molar-refractivity contribution < 1.29 is 18.0 Å². The standard InChI is InChI=1S/C33H43N3O4S/c1-5-17-34(18-6-7-19-35-31(37)22-33(3,4)23-32(35)38)26-12-10-25-11-15-30-28(29(25)21-26)16-20-36(30)41(39,40)27-13-8-24(2)9-14-27/h8-9,11,13-16,20,26H,5-7,10,12,17-19,21-23H2,1-4H3. The Balaban J connectivity index is 1.28. The Hall–Kier alpha value is -2.97. The lowest BCUT2D eigenvalue weighted by Crippen LogP contribution is -2.46. The molecule has 2 aromatic carbocycles. The summed E-state index contributed by atoms with van der Waals surface area (Å²) in [6, 6.07) is 13.4. The second-order valence-electron chi connectivity index (χ2n) is 12.7. The molecule has 2 aliphatic rings. The van der Waals surface area contributed by atoms with Crippen molar-refractivity contribution >= 4 is 32.7 Å². The second kappa shape index (κ2) is 11.7. The maximum absolute atomic E-state index is 13.5. The van der Waals surface area contributed by atoms with Crippen LogP contribution in [0.3, 0.4) is 0 Å². The van der Waals surface area contributed by atoms with Crippen LogP contribution in [0.4, 0.5) is 0 Å². The first-order valence-corrected chi connectivity index (χ1v) is 16.5. The van der Waals surface area contributed by atoms with E-state index in [1.807, 2.05) is 45.0 Å². The van der Waals surface area contributed by atoms with Gasteiger partial charge in [0.15, 0.2) is 0 Å². The number of imide groups is 1. The minimum Gasteiger partial charge on any atom is -0.300 e. The van der Waals surface area contributed by atoms with Crippen molar-refractivity contribution in [2.75, 3.05) is 19.6 Å². The Morgan fingerprint density at radius 2 is 1.66 bits per heavy atom. The summed E-state index contributed by atoms with van der Waals surface area (Å²) in [7, 11) is -3.69. The van der Waals surface area contributed by atoms with Crippen molar-refractivity contribution in [3.05, 3.63) is 65.4 Å². The van der Waals surface area contributed by atoms with Gasteiger partial charge in [0.25, 0.3) is 10.0 Å². The van der Waals surface area contributed by atoms with Crippen LogP contribution in [0.2, 0.25) is 0 Å². The van der Waals surface area contributed by atoms with Crippen molar-refractivity contribution in [2.45, 2.75) is 90.0 Å². The van der Waals surface area contributed by atoms with Gasteiger partial charge in [0, 0.05) is 37.0 Å². The highest BCUT2D eigenvalue weighted by Gasteiger charge is 2.37. The number of aromatic nitrogens is 1. The third kappa shape index (κ3) is 6.14. The topological polar surface area (TPSA) is 79.7 Å². The molecule has 1 aliphatic heterocycles. The minimum atomic E-state index is -3.69. The Morgan fingerprint density at radius 1 is 0.951 bits per heavy atom. The van der Waals surface area contributed by atoms with Gasteiger partial charge in [0.05, 0.1) is 10.4 Å². The smallest absolute Gasteiger partial charge is 0.268 e. The van der Waals surface area contributed by atoms with Gasteiger partial charge in [-0.3, -0.25) is 14.5 Å². The molecule has 3 aromatic rings. The van der Waals surface area contributed by atoms with Gasteiger partial charge in [-0.2, -0.15) is 0 Å². The lowest BCUT2D eigenvalue weighted by molar-refractivity contribution is -0.152. The van der Waals surface area contributed by atoms with Crippen molar-refractivity contribution in [1.29, 1.82) is 0 Å². The first-order valence-electron chi connectivity index (χ1n) is 15.0. The van der Waals surface area contributed by atoms with Gasteiger partial charge in [-0.15, -0.1) is 0 Å². The number of amides is 2. The predicted octanol–water partition coefficient (Wildman–Crippen LogP) is 5.71.